The first-order chi connectivity index (χ1) is 12.9. The molecule has 1 aromatic heterocycles. The molecule has 0 aliphatic rings. The van der Waals surface area contributed by atoms with Crippen molar-refractivity contribution in [3.05, 3.63) is 63.3 Å². The lowest BCUT2D eigenvalue weighted by Gasteiger charge is -2.16. The van der Waals surface area contributed by atoms with Gasteiger partial charge in [0, 0.05) is 23.9 Å². The lowest BCUT2D eigenvalue weighted by atomic mass is 10.2. The van der Waals surface area contributed by atoms with Gasteiger partial charge in [0.25, 0.3) is 5.56 Å². The summed E-state index contributed by atoms with van der Waals surface area (Å²) in [6.45, 7) is 1.48. The van der Waals surface area contributed by atoms with Gasteiger partial charge in [-0.25, -0.2) is 9.36 Å². The highest BCUT2D eigenvalue weighted by atomic mass is 16.5. The SMILES string of the molecule is COc1cc(NC(=O)[C@H](C)n2c(=O)[nH]c3ccccc3c2=O)cc(OC)c1. The number of anilines is 1. The minimum absolute atomic E-state index is 0.333. The number of carbonyl (C=O) groups excluding carboxylic acids is 1. The molecule has 2 aromatic carbocycles. The molecule has 2 N–H and O–H groups in total. The summed E-state index contributed by atoms with van der Waals surface area (Å²) < 4.78 is 11.2. The number of aromatic nitrogens is 2. The minimum atomic E-state index is -1.02. The van der Waals surface area contributed by atoms with Gasteiger partial charge in [-0.15, -0.1) is 0 Å². The molecule has 0 bridgehead atoms. The van der Waals surface area contributed by atoms with Crippen LogP contribution in [0, 0.1) is 0 Å². The highest BCUT2D eigenvalue weighted by molar-refractivity contribution is 5.94. The number of hydrogen-bond acceptors (Lipinski definition) is 5. The number of hydrogen-bond donors (Lipinski definition) is 2. The molecule has 0 saturated heterocycles. The fourth-order valence-electron chi connectivity index (χ4n) is 2.77. The molecule has 0 aliphatic heterocycles. The molecule has 0 aliphatic carbocycles. The Balaban J connectivity index is 1.96. The number of amides is 1. The van der Waals surface area contributed by atoms with E-state index in [1.54, 1.807) is 42.5 Å². The maximum Gasteiger partial charge on any atom is 0.329 e. The third-order valence-corrected chi connectivity index (χ3v) is 4.22. The Morgan fingerprint density at radius 2 is 1.70 bits per heavy atom. The number of carbonyl (C=O) groups is 1. The van der Waals surface area contributed by atoms with Crippen molar-refractivity contribution in [3.63, 3.8) is 0 Å². The van der Waals surface area contributed by atoms with Crippen LogP contribution in [-0.2, 0) is 4.79 Å². The third kappa shape index (κ3) is 3.55. The van der Waals surface area contributed by atoms with E-state index in [9.17, 15) is 14.4 Å². The molecule has 0 fully saturated rings. The van der Waals surface area contributed by atoms with Crippen molar-refractivity contribution in [2.24, 2.45) is 0 Å². The van der Waals surface area contributed by atoms with Crippen molar-refractivity contribution in [2.45, 2.75) is 13.0 Å². The number of H-pyrrole nitrogens is 1. The summed E-state index contributed by atoms with van der Waals surface area (Å²) in [7, 11) is 2.99. The first kappa shape index (κ1) is 18.2. The van der Waals surface area contributed by atoms with E-state index in [1.807, 2.05) is 0 Å². The van der Waals surface area contributed by atoms with E-state index in [4.69, 9.17) is 9.47 Å². The Kier molecular flexibility index (Phi) is 4.98. The van der Waals surface area contributed by atoms with Crippen molar-refractivity contribution in [1.82, 2.24) is 9.55 Å². The summed E-state index contributed by atoms with van der Waals surface area (Å²) >= 11 is 0. The molecule has 1 heterocycles. The molecule has 8 heteroatoms. The van der Waals surface area contributed by atoms with E-state index in [2.05, 4.69) is 10.3 Å². The number of nitrogens with one attached hydrogen (secondary N) is 2. The second kappa shape index (κ2) is 7.36. The molecule has 0 unspecified atom stereocenters. The van der Waals surface area contributed by atoms with Crippen LogP contribution in [0.4, 0.5) is 5.69 Å². The second-order valence-electron chi connectivity index (χ2n) is 5.92. The van der Waals surface area contributed by atoms with Gasteiger partial charge < -0.3 is 19.8 Å². The number of rotatable bonds is 5. The molecule has 0 radical (unpaired) electrons. The molecule has 8 nitrogen and oxygen atoms in total. The summed E-state index contributed by atoms with van der Waals surface area (Å²) in [5.74, 6) is 0.476. The van der Waals surface area contributed by atoms with E-state index >= 15 is 0 Å². The molecule has 1 amide bonds. The number of ether oxygens (including phenoxy) is 2. The predicted molar refractivity (Wildman–Crippen MR) is 102 cm³/mol. The number of para-hydroxylation sites is 1. The quantitative estimate of drug-likeness (QED) is 0.715. The van der Waals surface area contributed by atoms with Crippen LogP contribution in [-0.4, -0.2) is 29.7 Å². The maximum atomic E-state index is 12.7. The fraction of sp³-hybridized carbons (Fsp3) is 0.211. The van der Waals surface area contributed by atoms with Crippen molar-refractivity contribution in [2.75, 3.05) is 19.5 Å². The Morgan fingerprint density at radius 1 is 1.07 bits per heavy atom. The molecule has 3 rings (SSSR count). The lowest BCUT2D eigenvalue weighted by Crippen LogP contribution is -2.41. The average molecular weight is 369 g/mol. The topological polar surface area (TPSA) is 102 Å². The van der Waals surface area contributed by atoms with Gasteiger partial charge in [-0.3, -0.25) is 9.59 Å². The molecule has 1 atom stereocenters. The molecular formula is C19H19N3O5. The number of aromatic amines is 1. The monoisotopic (exact) mass is 369 g/mol. The summed E-state index contributed by atoms with van der Waals surface area (Å²) in [6, 6.07) is 10.5. The van der Waals surface area contributed by atoms with Gasteiger partial charge in [0.05, 0.1) is 25.1 Å². The lowest BCUT2D eigenvalue weighted by molar-refractivity contribution is -0.118. The highest BCUT2D eigenvalue weighted by Gasteiger charge is 2.21. The van der Waals surface area contributed by atoms with Crippen LogP contribution in [0.3, 0.4) is 0 Å². The Morgan fingerprint density at radius 3 is 2.33 bits per heavy atom. The smallest absolute Gasteiger partial charge is 0.329 e. The van der Waals surface area contributed by atoms with E-state index < -0.39 is 23.2 Å². The first-order valence-corrected chi connectivity index (χ1v) is 8.22. The van der Waals surface area contributed by atoms with Gasteiger partial charge in [0.15, 0.2) is 0 Å². The largest absolute Gasteiger partial charge is 0.497 e. The minimum Gasteiger partial charge on any atom is -0.497 e. The molecule has 0 spiro atoms. The van der Waals surface area contributed by atoms with Crippen LogP contribution in [0.1, 0.15) is 13.0 Å². The highest BCUT2D eigenvalue weighted by Crippen LogP contribution is 2.26. The zero-order valence-corrected chi connectivity index (χ0v) is 15.1. The van der Waals surface area contributed by atoms with Crippen LogP contribution in [0.15, 0.2) is 52.1 Å². The third-order valence-electron chi connectivity index (χ3n) is 4.22. The zero-order valence-electron chi connectivity index (χ0n) is 15.1. The molecule has 3 aromatic rings. The fourth-order valence-corrected chi connectivity index (χ4v) is 2.77. The van der Waals surface area contributed by atoms with Crippen molar-refractivity contribution in [1.29, 1.82) is 0 Å². The van der Waals surface area contributed by atoms with Gasteiger partial charge in [-0.2, -0.15) is 0 Å². The number of benzene rings is 2. The van der Waals surface area contributed by atoms with E-state index in [1.165, 1.54) is 21.1 Å². The van der Waals surface area contributed by atoms with Crippen LogP contribution < -0.4 is 26.0 Å². The van der Waals surface area contributed by atoms with Gasteiger partial charge >= 0.3 is 5.69 Å². The summed E-state index contributed by atoms with van der Waals surface area (Å²) in [6.07, 6.45) is 0. The van der Waals surface area contributed by atoms with Gasteiger partial charge in [-0.1, -0.05) is 12.1 Å². The standard InChI is InChI=1S/C19H19N3O5/c1-11(17(23)20-12-8-13(26-2)10-14(9-12)27-3)22-18(24)15-6-4-5-7-16(15)21-19(22)25/h4-11H,1-3H3,(H,20,23)(H,21,25)/t11-/m0/s1. The van der Waals surface area contributed by atoms with Gasteiger partial charge in [0.2, 0.25) is 5.91 Å². The normalized spacial score (nSPS) is 11.8. The van der Waals surface area contributed by atoms with Crippen LogP contribution in [0.5, 0.6) is 11.5 Å². The predicted octanol–water partition coefficient (Wildman–Crippen LogP) is 1.91. The molecule has 140 valence electrons. The zero-order chi connectivity index (χ0) is 19.6. The summed E-state index contributed by atoms with van der Waals surface area (Å²) in [4.78, 5) is 40.3. The molecule has 0 saturated carbocycles. The van der Waals surface area contributed by atoms with Crippen molar-refractivity contribution in [3.8, 4) is 11.5 Å². The Hall–Kier alpha value is -3.55. The Bertz CT molecular complexity index is 1090. The van der Waals surface area contributed by atoms with E-state index in [0.29, 0.717) is 28.1 Å². The number of fused-ring (bicyclic) bond motifs is 1. The summed E-state index contributed by atoms with van der Waals surface area (Å²) in [5.41, 5.74) is -0.327. The van der Waals surface area contributed by atoms with Crippen LogP contribution in [0.2, 0.25) is 0 Å². The van der Waals surface area contributed by atoms with Crippen molar-refractivity contribution >= 4 is 22.5 Å². The average Bonchev–Trinajstić information content (AvgIpc) is 2.67. The van der Waals surface area contributed by atoms with Gasteiger partial charge in [-0.05, 0) is 19.1 Å². The van der Waals surface area contributed by atoms with Crippen molar-refractivity contribution < 1.29 is 14.3 Å². The second-order valence-corrected chi connectivity index (χ2v) is 5.92. The number of methoxy groups -OCH3 is 2. The van der Waals surface area contributed by atoms with Gasteiger partial charge in [0.1, 0.15) is 17.5 Å². The number of nitrogens with zero attached hydrogens (tertiary/aromatic N) is 1. The van der Waals surface area contributed by atoms with Crippen LogP contribution in [0.25, 0.3) is 10.9 Å². The first-order valence-electron chi connectivity index (χ1n) is 8.22. The summed E-state index contributed by atoms with van der Waals surface area (Å²) in [5, 5.41) is 3.01. The maximum absolute atomic E-state index is 12.7. The molecular weight excluding hydrogens is 350 g/mol. The molecule has 27 heavy (non-hydrogen) atoms. The Labute approximate surface area is 154 Å². The van der Waals surface area contributed by atoms with E-state index in [0.717, 1.165) is 4.57 Å². The van der Waals surface area contributed by atoms with Crippen LogP contribution >= 0.6 is 0 Å². The van der Waals surface area contributed by atoms with E-state index in [-0.39, 0.29) is 0 Å².